The number of anilines is 2. The number of para-hydroxylation sites is 1. The van der Waals surface area contributed by atoms with Crippen molar-refractivity contribution in [3.8, 4) is 11.5 Å². The lowest BCUT2D eigenvalue weighted by atomic mass is 9.91. The summed E-state index contributed by atoms with van der Waals surface area (Å²) < 4.78 is 5.85. The largest absolute Gasteiger partial charge is 0.457 e. The first-order valence-corrected chi connectivity index (χ1v) is 13.4. The van der Waals surface area contributed by atoms with Gasteiger partial charge in [0.25, 0.3) is 0 Å². The molecule has 1 aliphatic carbocycles. The summed E-state index contributed by atoms with van der Waals surface area (Å²) in [6.07, 6.45) is 7.65. The van der Waals surface area contributed by atoms with Crippen molar-refractivity contribution in [3.05, 3.63) is 72.1 Å². The van der Waals surface area contributed by atoms with Crippen molar-refractivity contribution in [3.63, 3.8) is 0 Å². The maximum Gasteiger partial charge on any atom is 0.141 e. The Kier molecular flexibility index (Phi) is 11.4. The number of hydrogen-bond donors (Lipinski definition) is 4. The summed E-state index contributed by atoms with van der Waals surface area (Å²) in [4.78, 5) is 20.6. The number of ether oxygens (including phenoxy) is 1. The molecule has 1 unspecified atom stereocenters. The minimum atomic E-state index is 0.106. The van der Waals surface area contributed by atoms with Gasteiger partial charge in [-0.3, -0.25) is 5.41 Å². The van der Waals surface area contributed by atoms with E-state index in [2.05, 4.69) is 20.6 Å². The second-order valence-electron chi connectivity index (χ2n) is 9.85. The van der Waals surface area contributed by atoms with Gasteiger partial charge in [0.1, 0.15) is 35.7 Å². The fraction of sp³-hybridized carbons (Fsp3) is 0.400. The molecule has 1 heterocycles. The number of aldehydes is 1. The highest BCUT2D eigenvalue weighted by Gasteiger charge is 2.23. The molecule has 2 aromatic carbocycles. The van der Waals surface area contributed by atoms with Gasteiger partial charge < -0.3 is 30.8 Å². The van der Waals surface area contributed by atoms with Crippen molar-refractivity contribution in [2.24, 2.45) is 0 Å². The van der Waals surface area contributed by atoms with E-state index in [-0.39, 0.29) is 11.8 Å². The number of carbonyl (C=O) groups is 1. The summed E-state index contributed by atoms with van der Waals surface area (Å²) in [5, 5.41) is 15.6. The van der Waals surface area contributed by atoms with Gasteiger partial charge in [-0.1, -0.05) is 25.1 Å². The molecule has 1 fully saturated rings. The van der Waals surface area contributed by atoms with Crippen LogP contribution < -0.4 is 21.1 Å². The van der Waals surface area contributed by atoms with Gasteiger partial charge in [0, 0.05) is 17.6 Å². The lowest BCUT2D eigenvalue weighted by Gasteiger charge is -2.29. The average Bonchev–Trinajstić information content (AvgIpc) is 2.95. The van der Waals surface area contributed by atoms with Crippen LogP contribution in [-0.4, -0.2) is 66.1 Å². The van der Waals surface area contributed by atoms with Crippen LogP contribution in [0.1, 0.15) is 50.2 Å². The summed E-state index contributed by atoms with van der Waals surface area (Å²) in [7, 11) is 5.82. The summed E-state index contributed by atoms with van der Waals surface area (Å²) in [6, 6.07) is 18.0. The second-order valence-corrected chi connectivity index (χ2v) is 9.85. The quantitative estimate of drug-likeness (QED) is 0.218. The molecule has 39 heavy (non-hydrogen) atoms. The van der Waals surface area contributed by atoms with E-state index < -0.39 is 0 Å². The van der Waals surface area contributed by atoms with Crippen LogP contribution in [0.15, 0.2) is 60.9 Å². The zero-order chi connectivity index (χ0) is 28.2. The smallest absolute Gasteiger partial charge is 0.141 e. The number of nitrogens with one attached hydrogen (secondary N) is 3. The van der Waals surface area contributed by atoms with Gasteiger partial charge in [0.05, 0.1) is 17.3 Å². The van der Waals surface area contributed by atoms with Gasteiger partial charge in [-0.05, 0) is 89.6 Å². The van der Waals surface area contributed by atoms with Crippen LogP contribution in [0.25, 0.3) is 0 Å². The molecule has 4 rings (SSSR count). The summed E-state index contributed by atoms with van der Waals surface area (Å²) in [5.41, 5.74) is 7.72. The van der Waals surface area contributed by atoms with E-state index in [1.165, 1.54) is 6.33 Å². The van der Waals surface area contributed by atoms with E-state index in [9.17, 15) is 4.79 Å². The van der Waals surface area contributed by atoms with E-state index in [1.807, 2.05) is 87.6 Å². The van der Waals surface area contributed by atoms with Gasteiger partial charge >= 0.3 is 0 Å². The predicted octanol–water partition coefficient (Wildman–Crippen LogP) is 4.74. The number of nitrogen functional groups attached to an aromatic ring is 1. The lowest BCUT2D eigenvalue weighted by molar-refractivity contribution is -0.111. The Balaban J connectivity index is 0.000000459. The van der Waals surface area contributed by atoms with Crippen molar-refractivity contribution >= 4 is 23.6 Å². The highest BCUT2D eigenvalue weighted by atomic mass is 16.5. The predicted molar refractivity (Wildman–Crippen MR) is 158 cm³/mol. The molecule has 9 nitrogen and oxygen atoms in total. The molecule has 1 atom stereocenters. The molecule has 9 heteroatoms. The molecule has 1 saturated carbocycles. The van der Waals surface area contributed by atoms with Crippen LogP contribution in [-0.2, 0) is 4.79 Å². The van der Waals surface area contributed by atoms with Gasteiger partial charge in [-0.15, -0.1) is 0 Å². The average molecular weight is 532 g/mol. The molecular formula is C30H41N7O2. The maximum absolute atomic E-state index is 10.1. The molecule has 3 aromatic rings. The van der Waals surface area contributed by atoms with E-state index in [0.29, 0.717) is 35.0 Å². The van der Waals surface area contributed by atoms with E-state index in [1.54, 1.807) is 0 Å². The third-order valence-corrected chi connectivity index (χ3v) is 6.96. The van der Waals surface area contributed by atoms with Crippen molar-refractivity contribution in [2.75, 3.05) is 32.2 Å². The van der Waals surface area contributed by atoms with Gasteiger partial charge in [-0.2, -0.15) is 0 Å². The van der Waals surface area contributed by atoms with Crippen molar-refractivity contribution in [2.45, 2.75) is 57.2 Å². The van der Waals surface area contributed by atoms with Crippen molar-refractivity contribution < 1.29 is 9.53 Å². The summed E-state index contributed by atoms with van der Waals surface area (Å²) in [5.74, 6) is 2.40. The van der Waals surface area contributed by atoms with Crippen LogP contribution in [0.4, 0.5) is 11.6 Å². The van der Waals surface area contributed by atoms with Gasteiger partial charge in [-0.25, -0.2) is 9.97 Å². The number of nitrogens with two attached hydrogens (primary N) is 1. The third kappa shape index (κ3) is 8.59. The Labute approximate surface area is 231 Å². The number of benzene rings is 2. The first-order chi connectivity index (χ1) is 18.9. The molecule has 0 amide bonds. The number of aromatic nitrogens is 2. The fourth-order valence-corrected chi connectivity index (χ4v) is 4.52. The molecule has 0 aliphatic heterocycles. The highest BCUT2D eigenvalue weighted by molar-refractivity contribution is 6.16. The Bertz CT molecular complexity index is 1180. The molecular weight excluding hydrogens is 490 g/mol. The number of carbonyl (C=O) groups excluding carboxylic acids is 1. The Morgan fingerprint density at radius 2 is 1.67 bits per heavy atom. The van der Waals surface area contributed by atoms with E-state index in [4.69, 9.17) is 15.9 Å². The number of hydrogen-bond acceptors (Lipinski definition) is 9. The zero-order valence-electron chi connectivity index (χ0n) is 23.4. The van der Waals surface area contributed by atoms with Crippen molar-refractivity contribution in [1.29, 1.82) is 5.41 Å². The van der Waals surface area contributed by atoms with Crippen LogP contribution in [0.5, 0.6) is 11.5 Å². The number of rotatable bonds is 10. The van der Waals surface area contributed by atoms with E-state index >= 15 is 0 Å². The maximum atomic E-state index is 10.1. The molecule has 1 aromatic heterocycles. The summed E-state index contributed by atoms with van der Waals surface area (Å²) in [6.45, 7) is 2.00. The van der Waals surface area contributed by atoms with E-state index in [0.717, 1.165) is 49.7 Å². The van der Waals surface area contributed by atoms with Crippen LogP contribution >= 0.6 is 0 Å². The summed E-state index contributed by atoms with van der Waals surface area (Å²) >= 11 is 0. The molecule has 0 bridgehead atoms. The van der Waals surface area contributed by atoms with Crippen LogP contribution in [0, 0.1) is 5.41 Å². The van der Waals surface area contributed by atoms with Gasteiger partial charge in [0.2, 0.25) is 0 Å². The second kappa shape index (κ2) is 14.9. The molecule has 0 saturated heterocycles. The monoisotopic (exact) mass is 531 g/mol. The topological polar surface area (TPSA) is 129 Å². The minimum Gasteiger partial charge on any atom is -0.457 e. The Morgan fingerprint density at radius 3 is 2.21 bits per heavy atom. The Hall–Kier alpha value is -3.82. The molecule has 208 valence electrons. The normalized spacial score (nSPS) is 17.5. The minimum absolute atomic E-state index is 0.106. The third-order valence-electron chi connectivity index (χ3n) is 6.96. The number of likely N-dealkylation sites (N-methyl/N-ethyl adjacent to an activating group) is 1. The Morgan fingerprint density at radius 1 is 1.05 bits per heavy atom. The molecule has 0 spiro atoms. The zero-order valence-corrected chi connectivity index (χ0v) is 23.4. The van der Waals surface area contributed by atoms with Crippen LogP contribution in [0.3, 0.4) is 0 Å². The number of nitrogens with zero attached hydrogens (tertiary/aromatic N) is 3. The van der Waals surface area contributed by atoms with Crippen LogP contribution in [0.2, 0.25) is 0 Å². The highest BCUT2D eigenvalue weighted by Crippen LogP contribution is 2.28. The first kappa shape index (κ1) is 29.7. The first-order valence-electron chi connectivity index (χ1n) is 13.4. The fourth-order valence-electron chi connectivity index (χ4n) is 4.52. The molecule has 1 aliphatic rings. The SMILES string of the molecule is CCC(C=O)N(C)C.CNC1CCC(Nc2ncnc(N)c2C(=N)c2ccc(Oc3ccccc3)cc2)CC1. The van der Waals surface area contributed by atoms with Gasteiger partial charge in [0.15, 0.2) is 0 Å². The standard InChI is InChI=1S/C24H28N6O.C6H13NO/c1-27-17-9-11-18(12-10-17)30-24-21(23(26)28-15-29-24)22(25)16-7-13-20(14-8-16)31-19-5-3-2-4-6-19;1-4-6(5-8)7(2)3/h2-8,13-15,17-18,25,27H,9-12H2,1H3,(H3,26,28,29,30);5-6H,4H2,1-3H3. The van der Waals surface area contributed by atoms with Crippen molar-refractivity contribution in [1.82, 2.24) is 20.2 Å². The molecule has 0 radical (unpaired) electrons. The lowest BCUT2D eigenvalue weighted by Crippen LogP contribution is -2.35. The molecule has 5 N–H and O–H groups in total.